The van der Waals surface area contributed by atoms with E-state index in [9.17, 15) is 10.2 Å². The third-order valence-corrected chi connectivity index (χ3v) is 4.97. The Labute approximate surface area is 197 Å². The first kappa shape index (κ1) is 23.3. The molecule has 8 nitrogen and oxygen atoms in total. The number of fused-ring (bicyclic) bond motifs is 5. The number of nitrogens with zero attached hydrogens (tertiary/aromatic N) is 2. The first-order valence-electron chi connectivity index (χ1n) is 10.9. The van der Waals surface area contributed by atoms with Crippen LogP contribution >= 0.6 is 0 Å². The van der Waals surface area contributed by atoms with Crippen molar-refractivity contribution in [3.63, 3.8) is 0 Å². The predicted molar refractivity (Wildman–Crippen MR) is 130 cm³/mol. The molecule has 0 saturated carbocycles. The maximum absolute atomic E-state index is 10.6. The lowest BCUT2D eigenvalue weighted by atomic mass is 10.2. The van der Waals surface area contributed by atoms with Crippen LogP contribution in [0.4, 0.5) is 11.4 Å². The number of benzene rings is 3. The highest BCUT2D eigenvalue weighted by Gasteiger charge is 2.09. The molecule has 1 aliphatic heterocycles. The standard InChI is InChI=1S/C26H26N2O6/c29-25-19-5-3-9-23(25)33-15-13-31-11-12-32-14-16-34-24-10-4-6-20(26(24)30)18-28-22-8-2-1-7-21(22)27-17-19/h1-10,17-18,29-30H,11-16H2. The van der Waals surface area contributed by atoms with Gasteiger partial charge in [-0.3, -0.25) is 9.98 Å². The molecule has 0 aromatic heterocycles. The van der Waals surface area contributed by atoms with Gasteiger partial charge in [-0.1, -0.05) is 24.3 Å². The molecule has 0 saturated heterocycles. The summed E-state index contributed by atoms with van der Waals surface area (Å²) in [6.07, 6.45) is 3.12. The molecule has 0 amide bonds. The van der Waals surface area contributed by atoms with E-state index in [0.29, 0.717) is 60.4 Å². The minimum atomic E-state index is -0.000514. The molecular weight excluding hydrogens is 436 g/mol. The summed E-state index contributed by atoms with van der Waals surface area (Å²) in [6, 6.07) is 17.8. The fraction of sp³-hybridized carbons (Fsp3) is 0.231. The summed E-state index contributed by atoms with van der Waals surface area (Å²) in [7, 11) is 0. The third-order valence-electron chi connectivity index (χ3n) is 4.97. The molecular formula is C26H26N2O6. The van der Waals surface area contributed by atoms with Gasteiger partial charge in [-0.2, -0.15) is 0 Å². The van der Waals surface area contributed by atoms with E-state index in [4.69, 9.17) is 18.9 Å². The number of hydrogen-bond donors (Lipinski definition) is 2. The summed E-state index contributed by atoms with van der Waals surface area (Å²) in [5, 5.41) is 21.2. The lowest BCUT2D eigenvalue weighted by molar-refractivity contribution is 0.0269. The quantitative estimate of drug-likeness (QED) is 0.513. The molecule has 0 radical (unpaired) electrons. The van der Waals surface area contributed by atoms with Gasteiger partial charge in [0.15, 0.2) is 23.0 Å². The van der Waals surface area contributed by atoms with Crippen molar-refractivity contribution >= 4 is 23.8 Å². The molecule has 0 spiro atoms. The Kier molecular flexibility index (Phi) is 8.10. The normalized spacial score (nSPS) is 15.2. The summed E-state index contributed by atoms with van der Waals surface area (Å²) in [6.45, 7) is 2.07. The van der Waals surface area contributed by atoms with Crippen molar-refractivity contribution in [1.29, 1.82) is 0 Å². The van der Waals surface area contributed by atoms with E-state index in [0.717, 1.165) is 0 Å². The highest BCUT2D eigenvalue weighted by Crippen LogP contribution is 2.32. The van der Waals surface area contributed by atoms with Crippen molar-refractivity contribution in [1.82, 2.24) is 0 Å². The number of phenols is 2. The zero-order valence-corrected chi connectivity index (χ0v) is 18.6. The van der Waals surface area contributed by atoms with Crippen molar-refractivity contribution in [2.75, 3.05) is 39.6 Å². The van der Waals surface area contributed by atoms with Gasteiger partial charge < -0.3 is 29.2 Å². The summed E-state index contributed by atoms with van der Waals surface area (Å²) in [5.41, 5.74) is 2.22. The number of rotatable bonds is 0. The smallest absolute Gasteiger partial charge is 0.166 e. The molecule has 3 aromatic rings. The van der Waals surface area contributed by atoms with Gasteiger partial charge >= 0.3 is 0 Å². The van der Waals surface area contributed by atoms with Crippen LogP contribution in [0.3, 0.4) is 0 Å². The minimum absolute atomic E-state index is 0.000514. The molecule has 1 heterocycles. The van der Waals surface area contributed by atoms with Crippen LogP contribution in [0.2, 0.25) is 0 Å². The first-order chi connectivity index (χ1) is 16.7. The Morgan fingerprint density at radius 3 is 1.44 bits per heavy atom. The van der Waals surface area contributed by atoms with Crippen LogP contribution in [0.25, 0.3) is 0 Å². The van der Waals surface area contributed by atoms with Gasteiger partial charge in [-0.25, -0.2) is 0 Å². The van der Waals surface area contributed by atoms with Gasteiger partial charge in [0.2, 0.25) is 0 Å². The van der Waals surface area contributed by atoms with E-state index >= 15 is 0 Å². The van der Waals surface area contributed by atoms with Crippen LogP contribution in [-0.4, -0.2) is 62.3 Å². The highest BCUT2D eigenvalue weighted by atomic mass is 16.6. The predicted octanol–water partition coefficient (Wildman–Crippen LogP) is 4.40. The van der Waals surface area contributed by atoms with Gasteiger partial charge in [0.05, 0.1) is 37.8 Å². The summed E-state index contributed by atoms with van der Waals surface area (Å²) in [5.74, 6) is 0.702. The lowest BCUT2D eigenvalue weighted by Gasteiger charge is -2.11. The molecule has 2 N–H and O–H groups in total. The van der Waals surface area contributed by atoms with Crippen LogP contribution in [0.1, 0.15) is 11.1 Å². The SMILES string of the molecule is Oc1c2cccc1OCCOCCOCCOc1cccc(c1O)C=Nc1ccccc1N=C2. The van der Waals surface area contributed by atoms with E-state index in [1.807, 2.05) is 24.3 Å². The van der Waals surface area contributed by atoms with Gasteiger partial charge in [0.1, 0.15) is 13.2 Å². The molecule has 4 bridgehead atoms. The number of aromatic hydroxyl groups is 2. The molecule has 0 atom stereocenters. The fourth-order valence-corrected chi connectivity index (χ4v) is 3.22. The highest BCUT2D eigenvalue weighted by molar-refractivity contribution is 5.90. The lowest BCUT2D eigenvalue weighted by Crippen LogP contribution is -2.13. The zero-order valence-electron chi connectivity index (χ0n) is 18.6. The topological polar surface area (TPSA) is 102 Å². The molecule has 34 heavy (non-hydrogen) atoms. The fourth-order valence-electron chi connectivity index (χ4n) is 3.22. The molecule has 3 aromatic carbocycles. The number of phenolic OH excluding ortho intramolecular Hbond substituents is 2. The monoisotopic (exact) mass is 462 g/mol. The first-order valence-corrected chi connectivity index (χ1v) is 10.9. The number of para-hydroxylation sites is 4. The van der Waals surface area contributed by atoms with Gasteiger partial charge in [-0.15, -0.1) is 0 Å². The van der Waals surface area contributed by atoms with Crippen LogP contribution in [0, 0.1) is 0 Å². The van der Waals surface area contributed by atoms with Crippen molar-refractivity contribution in [3.8, 4) is 23.0 Å². The summed E-state index contributed by atoms with van der Waals surface area (Å²) in [4.78, 5) is 9.02. The molecule has 4 rings (SSSR count). The second-order valence-corrected chi connectivity index (χ2v) is 7.31. The van der Waals surface area contributed by atoms with Crippen molar-refractivity contribution < 1.29 is 29.2 Å². The average molecular weight is 463 g/mol. The Balaban J connectivity index is 1.63. The number of aliphatic imine (C=N–C) groups is 2. The second kappa shape index (κ2) is 11.8. The van der Waals surface area contributed by atoms with Gasteiger partial charge in [0, 0.05) is 23.6 Å². The maximum Gasteiger partial charge on any atom is 0.166 e. The molecule has 0 fully saturated rings. The average Bonchev–Trinajstić information content (AvgIpc) is 2.85. The van der Waals surface area contributed by atoms with E-state index in [1.165, 1.54) is 0 Å². The van der Waals surface area contributed by atoms with E-state index < -0.39 is 0 Å². The van der Waals surface area contributed by atoms with Gasteiger partial charge in [-0.05, 0) is 36.4 Å². The Morgan fingerprint density at radius 2 is 0.971 bits per heavy atom. The largest absolute Gasteiger partial charge is 0.504 e. The van der Waals surface area contributed by atoms with E-state index in [2.05, 4.69) is 9.98 Å². The van der Waals surface area contributed by atoms with E-state index in [-0.39, 0.29) is 24.7 Å². The molecule has 176 valence electrons. The van der Waals surface area contributed by atoms with Crippen LogP contribution in [0.5, 0.6) is 23.0 Å². The molecule has 0 aliphatic carbocycles. The van der Waals surface area contributed by atoms with E-state index in [1.54, 1.807) is 48.8 Å². The summed E-state index contributed by atoms with van der Waals surface area (Å²) >= 11 is 0. The molecule has 0 unspecified atom stereocenters. The Bertz CT molecular complexity index is 1070. The number of hydrogen-bond acceptors (Lipinski definition) is 8. The van der Waals surface area contributed by atoms with Crippen molar-refractivity contribution in [2.45, 2.75) is 0 Å². The molecule has 8 heteroatoms. The third kappa shape index (κ3) is 6.12. The minimum Gasteiger partial charge on any atom is -0.504 e. The van der Waals surface area contributed by atoms with Crippen LogP contribution < -0.4 is 9.47 Å². The maximum atomic E-state index is 10.6. The Morgan fingerprint density at radius 1 is 0.529 bits per heavy atom. The van der Waals surface area contributed by atoms with Crippen LogP contribution in [0.15, 0.2) is 70.6 Å². The molecule has 1 aliphatic rings. The van der Waals surface area contributed by atoms with Gasteiger partial charge in [0.25, 0.3) is 0 Å². The second-order valence-electron chi connectivity index (χ2n) is 7.31. The van der Waals surface area contributed by atoms with Crippen LogP contribution in [-0.2, 0) is 9.47 Å². The van der Waals surface area contributed by atoms with Crippen molar-refractivity contribution in [3.05, 3.63) is 71.8 Å². The Hall–Kier alpha value is -3.88. The summed E-state index contributed by atoms with van der Waals surface area (Å²) < 4.78 is 22.3. The van der Waals surface area contributed by atoms with Crippen molar-refractivity contribution in [2.24, 2.45) is 9.98 Å². The number of ether oxygens (including phenoxy) is 4. The zero-order chi connectivity index (χ0) is 23.6.